The van der Waals surface area contributed by atoms with Crippen molar-refractivity contribution in [2.24, 2.45) is 5.92 Å². The highest BCUT2D eigenvalue weighted by atomic mass is 15.2. The number of piperidine rings is 1. The molecule has 1 aliphatic heterocycles. The van der Waals surface area contributed by atoms with Crippen molar-refractivity contribution in [1.82, 2.24) is 4.90 Å². The Kier molecular flexibility index (Phi) is 4.07. The summed E-state index contributed by atoms with van der Waals surface area (Å²) < 4.78 is 0. The van der Waals surface area contributed by atoms with Crippen molar-refractivity contribution in [2.75, 3.05) is 18.8 Å². The van der Waals surface area contributed by atoms with Gasteiger partial charge in [0.25, 0.3) is 0 Å². The number of nitrogens with two attached hydrogens (primary N) is 1. The lowest BCUT2D eigenvalue weighted by atomic mass is 9.78. The van der Waals surface area contributed by atoms with Gasteiger partial charge in [-0.3, -0.25) is 4.90 Å². The molecule has 1 saturated carbocycles. The van der Waals surface area contributed by atoms with Crippen LogP contribution < -0.4 is 5.73 Å². The van der Waals surface area contributed by atoms with E-state index in [1.807, 2.05) is 12.1 Å². The van der Waals surface area contributed by atoms with E-state index in [2.05, 4.69) is 17.0 Å². The minimum absolute atomic E-state index is 0.870. The van der Waals surface area contributed by atoms with Crippen LogP contribution in [0.3, 0.4) is 0 Å². The van der Waals surface area contributed by atoms with Gasteiger partial charge in [-0.15, -0.1) is 0 Å². The number of likely N-dealkylation sites (tertiary alicyclic amines) is 1. The molecular weight excluding hydrogens is 232 g/mol. The largest absolute Gasteiger partial charge is 0.399 e. The number of nitrogen functional groups attached to an aromatic ring is 1. The van der Waals surface area contributed by atoms with Crippen LogP contribution in [0.5, 0.6) is 0 Å². The summed E-state index contributed by atoms with van der Waals surface area (Å²) in [5.74, 6) is 0.994. The van der Waals surface area contributed by atoms with Gasteiger partial charge in [0.15, 0.2) is 0 Å². The van der Waals surface area contributed by atoms with Crippen molar-refractivity contribution < 1.29 is 0 Å². The normalized spacial score (nSPS) is 28.0. The smallest absolute Gasteiger partial charge is 0.0314 e. The van der Waals surface area contributed by atoms with E-state index >= 15 is 0 Å². The first-order valence-corrected chi connectivity index (χ1v) is 7.91. The number of fused-ring (bicyclic) bond motifs is 1. The topological polar surface area (TPSA) is 29.3 Å². The maximum absolute atomic E-state index is 5.74. The molecular formula is C17H26N2. The molecule has 1 aliphatic carbocycles. The van der Waals surface area contributed by atoms with Crippen molar-refractivity contribution in [2.45, 2.75) is 51.0 Å². The summed E-state index contributed by atoms with van der Waals surface area (Å²) in [5.41, 5.74) is 8.04. The van der Waals surface area contributed by atoms with Gasteiger partial charge in [0.05, 0.1) is 0 Å². The van der Waals surface area contributed by atoms with Gasteiger partial charge >= 0.3 is 0 Å². The molecule has 0 spiro atoms. The quantitative estimate of drug-likeness (QED) is 0.841. The SMILES string of the molecule is Nc1ccc(CCN2CCC[C@H]3CCCC[C@H]32)cc1. The van der Waals surface area contributed by atoms with Gasteiger partial charge in [-0.1, -0.05) is 25.0 Å². The summed E-state index contributed by atoms with van der Waals surface area (Å²) in [6.45, 7) is 2.54. The zero-order chi connectivity index (χ0) is 13.1. The second-order valence-corrected chi connectivity index (χ2v) is 6.28. The summed E-state index contributed by atoms with van der Waals surface area (Å²) in [5, 5.41) is 0. The van der Waals surface area contributed by atoms with Crippen molar-refractivity contribution >= 4 is 5.69 Å². The Balaban J connectivity index is 1.57. The van der Waals surface area contributed by atoms with Crippen LogP contribution in [0.2, 0.25) is 0 Å². The van der Waals surface area contributed by atoms with Crippen LogP contribution in [0.15, 0.2) is 24.3 Å². The molecule has 0 unspecified atom stereocenters. The third-order valence-corrected chi connectivity index (χ3v) is 5.03. The Morgan fingerprint density at radius 1 is 1.00 bits per heavy atom. The maximum atomic E-state index is 5.74. The first kappa shape index (κ1) is 13.0. The third-order valence-electron chi connectivity index (χ3n) is 5.03. The predicted octanol–water partition coefficient (Wildman–Crippen LogP) is 3.47. The van der Waals surface area contributed by atoms with Crippen molar-refractivity contribution in [3.8, 4) is 0 Å². The maximum Gasteiger partial charge on any atom is 0.0314 e. The molecule has 0 aromatic heterocycles. The average molecular weight is 258 g/mol. The minimum Gasteiger partial charge on any atom is -0.399 e. The Bertz CT molecular complexity index is 396. The van der Waals surface area contributed by atoms with Crippen LogP contribution in [0.4, 0.5) is 5.69 Å². The average Bonchev–Trinajstić information content (AvgIpc) is 2.47. The molecule has 3 rings (SSSR count). The number of anilines is 1. The van der Waals surface area contributed by atoms with E-state index < -0.39 is 0 Å². The van der Waals surface area contributed by atoms with Crippen molar-refractivity contribution in [3.05, 3.63) is 29.8 Å². The Hall–Kier alpha value is -1.02. The summed E-state index contributed by atoms with van der Waals surface area (Å²) in [6.07, 6.45) is 9.87. The van der Waals surface area contributed by atoms with Crippen LogP contribution in [0.25, 0.3) is 0 Å². The van der Waals surface area contributed by atoms with Crippen LogP contribution in [0.1, 0.15) is 44.1 Å². The molecule has 1 aromatic rings. The van der Waals surface area contributed by atoms with Gasteiger partial charge in [0, 0.05) is 18.3 Å². The van der Waals surface area contributed by atoms with E-state index in [0.29, 0.717) is 0 Å². The van der Waals surface area contributed by atoms with Crippen molar-refractivity contribution in [1.29, 1.82) is 0 Å². The van der Waals surface area contributed by atoms with Crippen molar-refractivity contribution in [3.63, 3.8) is 0 Å². The highest BCUT2D eigenvalue weighted by molar-refractivity contribution is 5.39. The zero-order valence-corrected chi connectivity index (χ0v) is 11.9. The predicted molar refractivity (Wildman–Crippen MR) is 81.1 cm³/mol. The fourth-order valence-electron chi connectivity index (χ4n) is 3.96. The Labute approximate surface area is 117 Å². The van der Waals surface area contributed by atoms with Gasteiger partial charge in [-0.2, -0.15) is 0 Å². The summed E-state index contributed by atoms with van der Waals surface area (Å²) >= 11 is 0. The Morgan fingerprint density at radius 2 is 1.74 bits per heavy atom. The zero-order valence-electron chi connectivity index (χ0n) is 11.9. The van der Waals surface area contributed by atoms with E-state index in [4.69, 9.17) is 5.73 Å². The first-order valence-electron chi connectivity index (χ1n) is 7.91. The molecule has 2 nitrogen and oxygen atoms in total. The molecule has 0 bridgehead atoms. The van der Waals surface area contributed by atoms with Crippen LogP contribution in [-0.2, 0) is 6.42 Å². The van der Waals surface area contributed by atoms with E-state index in [1.165, 1.54) is 63.6 Å². The van der Waals surface area contributed by atoms with E-state index in [-0.39, 0.29) is 0 Å². The first-order chi connectivity index (χ1) is 9.33. The van der Waals surface area contributed by atoms with Crippen LogP contribution in [0, 0.1) is 5.92 Å². The molecule has 2 fully saturated rings. The molecule has 0 amide bonds. The fraction of sp³-hybridized carbons (Fsp3) is 0.647. The summed E-state index contributed by atoms with van der Waals surface area (Å²) in [4.78, 5) is 2.77. The van der Waals surface area contributed by atoms with Gasteiger partial charge in [0.2, 0.25) is 0 Å². The highest BCUT2D eigenvalue weighted by Crippen LogP contribution is 2.35. The Morgan fingerprint density at radius 3 is 2.58 bits per heavy atom. The van der Waals surface area contributed by atoms with Crippen LogP contribution >= 0.6 is 0 Å². The molecule has 2 aliphatic rings. The molecule has 1 saturated heterocycles. The monoisotopic (exact) mass is 258 g/mol. The summed E-state index contributed by atoms with van der Waals surface area (Å²) in [7, 11) is 0. The van der Waals surface area contributed by atoms with Gasteiger partial charge in [-0.25, -0.2) is 0 Å². The van der Waals surface area contributed by atoms with Crippen LogP contribution in [-0.4, -0.2) is 24.0 Å². The second kappa shape index (κ2) is 5.96. The van der Waals surface area contributed by atoms with Gasteiger partial charge in [-0.05, 0) is 62.3 Å². The minimum atomic E-state index is 0.870. The summed E-state index contributed by atoms with van der Waals surface area (Å²) in [6, 6.07) is 9.29. The van der Waals surface area contributed by atoms with E-state index in [0.717, 1.165) is 17.6 Å². The lowest BCUT2D eigenvalue weighted by Gasteiger charge is -2.44. The molecule has 2 atom stereocenters. The number of hydrogen-bond acceptors (Lipinski definition) is 2. The fourth-order valence-corrected chi connectivity index (χ4v) is 3.96. The third kappa shape index (κ3) is 3.11. The second-order valence-electron chi connectivity index (χ2n) is 6.28. The lowest BCUT2D eigenvalue weighted by molar-refractivity contribution is 0.0620. The molecule has 0 radical (unpaired) electrons. The standard InChI is InChI=1S/C17H26N2/c18-16-9-7-14(8-10-16)11-13-19-12-3-5-15-4-1-2-6-17(15)19/h7-10,15,17H,1-6,11-13,18H2/t15-,17-/m1/s1. The highest BCUT2D eigenvalue weighted by Gasteiger charge is 2.32. The number of nitrogens with zero attached hydrogens (tertiary/aromatic N) is 1. The molecule has 2 heteroatoms. The number of rotatable bonds is 3. The molecule has 1 heterocycles. The van der Waals surface area contributed by atoms with E-state index in [1.54, 1.807) is 0 Å². The van der Waals surface area contributed by atoms with Gasteiger partial charge < -0.3 is 5.73 Å². The molecule has 1 aromatic carbocycles. The molecule has 19 heavy (non-hydrogen) atoms. The van der Waals surface area contributed by atoms with E-state index in [9.17, 15) is 0 Å². The number of benzene rings is 1. The lowest BCUT2D eigenvalue weighted by Crippen LogP contribution is -2.47. The molecule has 104 valence electrons. The molecule has 2 N–H and O–H groups in total. The van der Waals surface area contributed by atoms with Gasteiger partial charge in [0.1, 0.15) is 0 Å². The number of hydrogen-bond donors (Lipinski definition) is 1.